The summed E-state index contributed by atoms with van der Waals surface area (Å²) < 4.78 is 0. The highest BCUT2D eigenvalue weighted by Crippen LogP contribution is 2.30. The van der Waals surface area contributed by atoms with Crippen LogP contribution in [0, 0.1) is 0 Å². The van der Waals surface area contributed by atoms with Crippen LogP contribution in [-0.2, 0) is 0 Å². The first kappa shape index (κ1) is 13.3. The van der Waals surface area contributed by atoms with Crippen LogP contribution in [0.5, 0.6) is 0 Å². The molecule has 98 valence electrons. The van der Waals surface area contributed by atoms with Crippen LogP contribution in [0.2, 0.25) is 10.0 Å². The van der Waals surface area contributed by atoms with E-state index in [0.717, 1.165) is 12.8 Å². The summed E-state index contributed by atoms with van der Waals surface area (Å²) in [7, 11) is 0. The average Bonchev–Trinajstić information content (AvgIpc) is 2.78. The quantitative estimate of drug-likeness (QED) is 0.727. The summed E-state index contributed by atoms with van der Waals surface area (Å²) in [5.41, 5.74) is 6.63. The van der Waals surface area contributed by atoms with Gasteiger partial charge in [0, 0.05) is 6.04 Å². The first-order valence-corrected chi connectivity index (χ1v) is 6.64. The number of urea groups is 1. The summed E-state index contributed by atoms with van der Waals surface area (Å²) in [6.07, 6.45) is 4.40. The minimum Gasteiger partial charge on any atom is -0.397 e. The first-order valence-electron chi connectivity index (χ1n) is 5.88. The van der Waals surface area contributed by atoms with Gasteiger partial charge in [-0.1, -0.05) is 36.0 Å². The van der Waals surface area contributed by atoms with Gasteiger partial charge in [0.2, 0.25) is 0 Å². The molecule has 1 saturated carbocycles. The third kappa shape index (κ3) is 3.21. The van der Waals surface area contributed by atoms with Crippen molar-refractivity contribution in [1.82, 2.24) is 5.32 Å². The normalized spacial score (nSPS) is 15.7. The second-order valence-electron chi connectivity index (χ2n) is 4.43. The second kappa shape index (κ2) is 5.67. The molecule has 1 fully saturated rings. The van der Waals surface area contributed by atoms with Gasteiger partial charge in [0.15, 0.2) is 0 Å². The minimum absolute atomic E-state index is 0.257. The van der Waals surface area contributed by atoms with Crippen LogP contribution in [-0.4, -0.2) is 12.1 Å². The van der Waals surface area contributed by atoms with Crippen molar-refractivity contribution in [1.29, 1.82) is 0 Å². The fourth-order valence-electron chi connectivity index (χ4n) is 2.08. The topological polar surface area (TPSA) is 67.1 Å². The number of rotatable bonds is 2. The number of amides is 2. The molecule has 0 radical (unpaired) electrons. The lowest BCUT2D eigenvalue weighted by molar-refractivity contribution is 0.248. The summed E-state index contributed by atoms with van der Waals surface area (Å²) in [5.74, 6) is 0. The number of benzene rings is 1. The molecule has 4 nitrogen and oxygen atoms in total. The maximum atomic E-state index is 11.8. The molecule has 0 aliphatic heterocycles. The Kier molecular flexibility index (Phi) is 4.19. The summed E-state index contributed by atoms with van der Waals surface area (Å²) in [6.45, 7) is 0. The Balaban J connectivity index is 2.00. The van der Waals surface area contributed by atoms with E-state index in [-0.39, 0.29) is 12.1 Å². The second-order valence-corrected chi connectivity index (χ2v) is 5.25. The van der Waals surface area contributed by atoms with Crippen molar-refractivity contribution in [2.75, 3.05) is 11.1 Å². The lowest BCUT2D eigenvalue weighted by atomic mass is 10.2. The zero-order chi connectivity index (χ0) is 13.1. The van der Waals surface area contributed by atoms with Gasteiger partial charge in [-0.05, 0) is 25.0 Å². The van der Waals surface area contributed by atoms with Crippen LogP contribution in [0.25, 0.3) is 0 Å². The van der Waals surface area contributed by atoms with E-state index in [1.165, 1.54) is 18.9 Å². The number of anilines is 2. The lowest BCUT2D eigenvalue weighted by Crippen LogP contribution is -2.36. The van der Waals surface area contributed by atoms with Crippen LogP contribution < -0.4 is 16.4 Å². The molecular formula is C12H15Cl2N3O. The highest BCUT2D eigenvalue weighted by Gasteiger charge is 2.17. The molecule has 18 heavy (non-hydrogen) atoms. The van der Waals surface area contributed by atoms with E-state index in [4.69, 9.17) is 28.9 Å². The molecule has 4 N–H and O–H groups in total. The number of hydrogen-bond acceptors (Lipinski definition) is 2. The molecule has 2 amide bonds. The van der Waals surface area contributed by atoms with Gasteiger partial charge in [-0.15, -0.1) is 0 Å². The number of carbonyl (C=O) groups is 1. The zero-order valence-electron chi connectivity index (χ0n) is 9.80. The summed E-state index contributed by atoms with van der Waals surface area (Å²) in [4.78, 5) is 11.8. The smallest absolute Gasteiger partial charge is 0.319 e. The Morgan fingerprint density at radius 3 is 2.50 bits per heavy atom. The first-order chi connectivity index (χ1) is 8.56. The van der Waals surface area contributed by atoms with E-state index < -0.39 is 0 Å². The van der Waals surface area contributed by atoms with Crippen molar-refractivity contribution >= 4 is 40.6 Å². The third-order valence-corrected chi connectivity index (χ3v) is 3.75. The van der Waals surface area contributed by atoms with Crippen LogP contribution in [0.15, 0.2) is 12.1 Å². The van der Waals surface area contributed by atoms with E-state index >= 15 is 0 Å². The minimum atomic E-state index is -0.257. The Morgan fingerprint density at radius 2 is 1.83 bits per heavy atom. The molecule has 2 rings (SSSR count). The Bertz CT molecular complexity index is 459. The van der Waals surface area contributed by atoms with E-state index in [1.807, 2.05) is 0 Å². The fraction of sp³-hybridized carbons (Fsp3) is 0.417. The molecule has 1 aromatic carbocycles. The van der Waals surface area contributed by atoms with Crippen molar-refractivity contribution in [2.45, 2.75) is 31.7 Å². The van der Waals surface area contributed by atoms with Gasteiger partial charge in [-0.3, -0.25) is 0 Å². The van der Waals surface area contributed by atoms with E-state index in [0.29, 0.717) is 21.4 Å². The van der Waals surface area contributed by atoms with Crippen LogP contribution in [0.4, 0.5) is 16.2 Å². The van der Waals surface area contributed by atoms with Crippen molar-refractivity contribution in [3.8, 4) is 0 Å². The molecule has 1 aliphatic carbocycles. The van der Waals surface area contributed by atoms with Gasteiger partial charge in [0.05, 0.1) is 21.4 Å². The molecule has 0 unspecified atom stereocenters. The highest BCUT2D eigenvalue weighted by atomic mass is 35.5. The number of nitrogens with two attached hydrogens (primary N) is 1. The molecule has 0 spiro atoms. The summed E-state index contributed by atoms with van der Waals surface area (Å²) >= 11 is 11.7. The number of nitrogen functional groups attached to an aromatic ring is 1. The summed E-state index contributed by atoms with van der Waals surface area (Å²) in [5, 5.41) is 6.33. The molecular weight excluding hydrogens is 273 g/mol. The number of nitrogens with one attached hydrogen (secondary N) is 2. The van der Waals surface area contributed by atoms with Crippen LogP contribution in [0.1, 0.15) is 25.7 Å². The van der Waals surface area contributed by atoms with Gasteiger partial charge in [-0.25, -0.2) is 4.79 Å². The van der Waals surface area contributed by atoms with E-state index in [1.54, 1.807) is 6.07 Å². The Morgan fingerprint density at radius 1 is 1.22 bits per heavy atom. The molecule has 0 bridgehead atoms. The SMILES string of the molecule is Nc1cc(Cl)c(Cl)cc1NC(=O)NC1CCCC1. The van der Waals surface area contributed by atoms with Crippen molar-refractivity contribution in [3.05, 3.63) is 22.2 Å². The fourth-order valence-corrected chi connectivity index (χ4v) is 2.42. The van der Waals surface area contributed by atoms with Gasteiger partial charge >= 0.3 is 6.03 Å². The maximum Gasteiger partial charge on any atom is 0.319 e. The highest BCUT2D eigenvalue weighted by molar-refractivity contribution is 6.42. The van der Waals surface area contributed by atoms with Gasteiger partial charge < -0.3 is 16.4 Å². The van der Waals surface area contributed by atoms with Crippen LogP contribution in [0.3, 0.4) is 0 Å². The maximum absolute atomic E-state index is 11.8. The van der Waals surface area contributed by atoms with Crippen molar-refractivity contribution in [3.63, 3.8) is 0 Å². The predicted octanol–water partition coefficient (Wildman–Crippen LogP) is 3.64. The van der Waals surface area contributed by atoms with E-state index in [2.05, 4.69) is 10.6 Å². The number of halogens is 2. The molecule has 1 aromatic rings. The molecule has 6 heteroatoms. The molecule has 0 aromatic heterocycles. The van der Waals surface area contributed by atoms with Crippen LogP contribution >= 0.6 is 23.2 Å². The monoisotopic (exact) mass is 287 g/mol. The largest absolute Gasteiger partial charge is 0.397 e. The lowest BCUT2D eigenvalue weighted by Gasteiger charge is -2.14. The molecule has 0 heterocycles. The van der Waals surface area contributed by atoms with Crippen molar-refractivity contribution in [2.24, 2.45) is 0 Å². The zero-order valence-corrected chi connectivity index (χ0v) is 11.3. The van der Waals surface area contributed by atoms with Gasteiger partial charge in [0.25, 0.3) is 0 Å². The van der Waals surface area contributed by atoms with Gasteiger partial charge in [-0.2, -0.15) is 0 Å². The molecule has 0 atom stereocenters. The summed E-state index contributed by atoms with van der Waals surface area (Å²) in [6, 6.07) is 3.07. The Labute approximate surface area is 116 Å². The Hall–Kier alpha value is -1.13. The average molecular weight is 288 g/mol. The molecule has 1 aliphatic rings. The number of hydrogen-bond donors (Lipinski definition) is 3. The predicted molar refractivity (Wildman–Crippen MR) is 75.3 cm³/mol. The molecule has 0 saturated heterocycles. The third-order valence-electron chi connectivity index (χ3n) is 3.03. The standard InChI is InChI=1S/C12H15Cl2N3O/c13-8-5-10(15)11(6-9(8)14)17-12(18)16-7-3-1-2-4-7/h5-7H,1-4,15H2,(H2,16,17,18). The van der Waals surface area contributed by atoms with Gasteiger partial charge in [0.1, 0.15) is 0 Å². The van der Waals surface area contributed by atoms with Crippen molar-refractivity contribution < 1.29 is 4.79 Å². The number of carbonyl (C=O) groups excluding carboxylic acids is 1. The van der Waals surface area contributed by atoms with E-state index in [9.17, 15) is 4.79 Å².